The van der Waals surface area contributed by atoms with E-state index >= 15 is 0 Å². The van der Waals surface area contributed by atoms with Gasteiger partial charge in [-0.2, -0.15) is 0 Å². The summed E-state index contributed by atoms with van der Waals surface area (Å²) in [6.45, 7) is 6.57. The number of halogens is 1. The summed E-state index contributed by atoms with van der Waals surface area (Å²) in [5.41, 5.74) is -0.542. The number of carbonyl (C=O) groups is 3. The molecule has 3 amide bonds. The van der Waals surface area contributed by atoms with Gasteiger partial charge in [0.1, 0.15) is 17.4 Å². The molecule has 1 spiro atoms. The molecule has 198 valence electrons. The Balaban J connectivity index is 1.65. The summed E-state index contributed by atoms with van der Waals surface area (Å²) in [7, 11) is 0. The van der Waals surface area contributed by atoms with Gasteiger partial charge in [-0.1, -0.05) is 36.2 Å². The number of likely N-dealkylation sites (tertiary alicyclic amines) is 1. The monoisotopic (exact) mass is 565 g/mol. The number of hydrogen-bond acceptors (Lipinski definition) is 6. The quantitative estimate of drug-likeness (QED) is 0.280. The van der Waals surface area contributed by atoms with Gasteiger partial charge in [0.15, 0.2) is 0 Å². The normalized spacial score (nSPS) is 31.3. The van der Waals surface area contributed by atoms with E-state index in [-0.39, 0.29) is 29.2 Å². The van der Waals surface area contributed by atoms with Gasteiger partial charge in [0, 0.05) is 17.1 Å². The summed E-state index contributed by atoms with van der Waals surface area (Å²) in [6, 6.07) is 5.62. The molecule has 3 N–H and O–H groups in total. The number of aliphatic hydroxyl groups excluding tert-OH is 1. The number of fused-ring (bicyclic) bond motifs is 1. The van der Waals surface area contributed by atoms with Crippen LogP contribution in [-0.2, 0) is 19.1 Å². The molecule has 0 saturated carbocycles. The van der Waals surface area contributed by atoms with Gasteiger partial charge >= 0.3 is 0 Å². The number of anilines is 1. The lowest BCUT2D eigenvalue weighted by molar-refractivity contribution is -0.145. The highest BCUT2D eigenvalue weighted by Crippen LogP contribution is 2.60. The molecule has 3 aliphatic heterocycles. The van der Waals surface area contributed by atoms with Gasteiger partial charge in [-0.05, 0) is 50.5 Å². The lowest BCUT2D eigenvalue weighted by Gasteiger charge is -2.36. The third kappa shape index (κ3) is 4.52. The van der Waals surface area contributed by atoms with Crippen LogP contribution in [0.5, 0.6) is 5.75 Å². The first-order valence-electron chi connectivity index (χ1n) is 12.9. The SMILES string of the molecule is CCCCNC(=O)C1N([C@@H](CC)CO)C(=O)[C@@H]2[C@H](C(=O)Nc3ccc(OCC)cc3)[C@H]3OC12CC3Br. The molecule has 9 nitrogen and oxygen atoms in total. The molecule has 1 aromatic carbocycles. The Hall–Kier alpha value is -2.17. The molecule has 0 radical (unpaired) electrons. The average molecular weight is 566 g/mol. The second-order valence-electron chi connectivity index (χ2n) is 9.74. The molecule has 0 aliphatic carbocycles. The number of rotatable bonds is 11. The van der Waals surface area contributed by atoms with Crippen molar-refractivity contribution in [2.45, 2.75) is 75.1 Å². The van der Waals surface area contributed by atoms with Gasteiger partial charge in [0.2, 0.25) is 17.7 Å². The third-order valence-electron chi connectivity index (χ3n) is 7.62. The van der Waals surface area contributed by atoms with Gasteiger partial charge in [-0.3, -0.25) is 14.4 Å². The van der Waals surface area contributed by atoms with Crippen molar-refractivity contribution in [3.8, 4) is 5.75 Å². The highest BCUT2D eigenvalue weighted by Gasteiger charge is 2.76. The van der Waals surface area contributed by atoms with Crippen molar-refractivity contribution in [3.05, 3.63) is 24.3 Å². The second-order valence-corrected chi connectivity index (χ2v) is 10.9. The smallest absolute Gasteiger partial charge is 0.245 e. The van der Waals surface area contributed by atoms with E-state index in [1.54, 1.807) is 24.3 Å². The van der Waals surface area contributed by atoms with Crippen LogP contribution < -0.4 is 15.4 Å². The number of alkyl halides is 1. The van der Waals surface area contributed by atoms with Gasteiger partial charge in [0.05, 0.1) is 37.2 Å². The lowest BCUT2D eigenvalue weighted by atomic mass is 9.70. The van der Waals surface area contributed by atoms with Crippen LogP contribution in [0.25, 0.3) is 0 Å². The molecular formula is C26H36BrN3O6. The highest BCUT2D eigenvalue weighted by molar-refractivity contribution is 9.09. The summed E-state index contributed by atoms with van der Waals surface area (Å²) >= 11 is 3.67. The molecule has 1 aromatic rings. The highest BCUT2D eigenvalue weighted by atomic mass is 79.9. The molecule has 10 heteroatoms. The number of nitrogens with one attached hydrogen (secondary N) is 2. The predicted octanol–water partition coefficient (Wildman–Crippen LogP) is 2.46. The summed E-state index contributed by atoms with van der Waals surface area (Å²) < 4.78 is 11.9. The molecule has 2 bridgehead atoms. The first-order chi connectivity index (χ1) is 17.3. The average Bonchev–Trinajstić information content (AvgIpc) is 3.45. The molecule has 3 saturated heterocycles. The van der Waals surface area contributed by atoms with E-state index in [1.165, 1.54) is 4.90 Å². The van der Waals surface area contributed by atoms with Crippen molar-refractivity contribution >= 4 is 39.3 Å². The molecule has 3 unspecified atom stereocenters. The summed E-state index contributed by atoms with van der Waals surface area (Å²) in [5, 5.41) is 16.0. The molecular weight excluding hydrogens is 530 g/mol. The summed E-state index contributed by atoms with van der Waals surface area (Å²) in [4.78, 5) is 42.3. The van der Waals surface area contributed by atoms with Crippen LogP contribution in [0.15, 0.2) is 24.3 Å². The summed E-state index contributed by atoms with van der Waals surface area (Å²) in [5.74, 6) is -1.79. The van der Waals surface area contributed by atoms with Crippen LogP contribution in [0.3, 0.4) is 0 Å². The zero-order valence-electron chi connectivity index (χ0n) is 21.0. The Morgan fingerprint density at radius 3 is 2.58 bits per heavy atom. The maximum atomic E-state index is 13.9. The number of ether oxygens (including phenoxy) is 2. The van der Waals surface area contributed by atoms with Crippen LogP contribution in [-0.4, -0.2) is 76.1 Å². The maximum Gasteiger partial charge on any atom is 0.245 e. The standard InChI is InChI=1S/C26H36BrN3O6/c1-4-7-12-28-24(33)22-26-13-18(27)21(36-26)19(20(26)25(34)30(22)16(5-2)14-31)23(32)29-15-8-10-17(11-9-15)35-6-3/h8-11,16,18-22,31H,4-7,12-14H2,1-3H3,(H,28,33)(H,29,32)/t16-,18?,19-,20-,21-,22?,26?/m0/s1. The maximum absolute atomic E-state index is 13.9. The first kappa shape index (κ1) is 26.9. The number of nitrogens with zero attached hydrogens (tertiary/aromatic N) is 1. The van der Waals surface area contributed by atoms with Gasteiger partial charge < -0.3 is 30.1 Å². The topological polar surface area (TPSA) is 117 Å². The number of benzene rings is 1. The van der Waals surface area contributed by atoms with Crippen LogP contribution in [0.2, 0.25) is 0 Å². The zero-order valence-corrected chi connectivity index (χ0v) is 22.6. The van der Waals surface area contributed by atoms with E-state index in [0.29, 0.717) is 37.4 Å². The number of hydrogen-bond donors (Lipinski definition) is 3. The van der Waals surface area contributed by atoms with Crippen molar-refractivity contribution in [1.29, 1.82) is 0 Å². The van der Waals surface area contributed by atoms with E-state index in [1.807, 2.05) is 20.8 Å². The Morgan fingerprint density at radius 2 is 1.97 bits per heavy atom. The predicted molar refractivity (Wildman–Crippen MR) is 138 cm³/mol. The van der Waals surface area contributed by atoms with E-state index in [2.05, 4.69) is 26.6 Å². The van der Waals surface area contributed by atoms with Crippen LogP contribution >= 0.6 is 15.9 Å². The molecule has 3 fully saturated rings. The number of aliphatic hydroxyl groups is 1. The van der Waals surface area contributed by atoms with E-state index in [9.17, 15) is 19.5 Å². The van der Waals surface area contributed by atoms with Crippen LogP contribution in [0.1, 0.15) is 46.5 Å². The lowest BCUT2D eigenvalue weighted by Crippen LogP contribution is -2.58. The molecule has 4 rings (SSSR count). The fourth-order valence-corrected chi connectivity index (χ4v) is 6.93. The van der Waals surface area contributed by atoms with Crippen molar-refractivity contribution in [2.75, 3.05) is 25.1 Å². The van der Waals surface area contributed by atoms with Gasteiger partial charge in [-0.25, -0.2) is 0 Å². The number of unbranched alkanes of at least 4 members (excludes halogenated alkanes) is 1. The largest absolute Gasteiger partial charge is 0.494 e. The van der Waals surface area contributed by atoms with E-state index in [4.69, 9.17) is 9.47 Å². The first-order valence-corrected chi connectivity index (χ1v) is 13.8. The van der Waals surface area contributed by atoms with E-state index < -0.39 is 35.6 Å². The van der Waals surface area contributed by atoms with Crippen molar-refractivity contribution < 1.29 is 29.0 Å². The van der Waals surface area contributed by atoms with Crippen molar-refractivity contribution in [2.24, 2.45) is 11.8 Å². The summed E-state index contributed by atoms with van der Waals surface area (Å²) in [6.07, 6.45) is 2.12. The third-order valence-corrected chi connectivity index (χ3v) is 8.46. The van der Waals surface area contributed by atoms with Crippen molar-refractivity contribution in [1.82, 2.24) is 10.2 Å². The minimum Gasteiger partial charge on any atom is -0.494 e. The van der Waals surface area contributed by atoms with Gasteiger partial charge in [-0.15, -0.1) is 0 Å². The van der Waals surface area contributed by atoms with E-state index in [0.717, 1.165) is 12.8 Å². The number of carbonyl (C=O) groups excluding carboxylic acids is 3. The Labute approximate surface area is 220 Å². The molecule has 3 aliphatic rings. The van der Waals surface area contributed by atoms with Gasteiger partial charge in [0.25, 0.3) is 0 Å². The second kappa shape index (κ2) is 11.1. The van der Waals surface area contributed by atoms with Crippen LogP contribution in [0.4, 0.5) is 5.69 Å². The minimum absolute atomic E-state index is 0.183. The van der Waals surface area contributed by atoms with Crippen molar-refractivity contribution in [3.63, 3.8) is 0 Å². The molecule has 36 heavy (non-hydrogen) atoms. The number of amides is 3. The Morgan fingerprint density at radius 1 is 1.25 bits per heavy atom. The fraction of sp³-hybridized carbons (Fsp3) is 0.654. The molecule has 0 aromatic heterocycles. The molecule has 7 atom stereocenters. The van der Waals surface area contributed by atoms with Crippen LogP contribution in [0, 0.1) is 11.8 Å². The Bertz CT molecular complexity index is 971. The molecule has 3 heterocycles. The fourth-order valence-electron chi connectivity index (χ4n) is 5.99. The zero-order chi connectivity index (χ0) is 26.0. The Kier molecular flexibility index (Phi) is 8.26. The minimum atomic E-state index is -1.13.